The second kappa shape index (κ2) is 6.12. The normalized spacial score (nSPS) is 12.4. The van der Waals surface area contributed by atoms with Gasteiger partial charge in [-0.2, -0.15) is 9.97 Å². The molecule has 7 nitrogen and oxygen atoms in total. The zero-order valence-electron chi connectivity index (χ0n) is 13.0. The molecule has 0 saturated heterocycles. The summed E-state index contributed by atoms with van der Waals surface area (Å²) in [5, 5.41) is 12.8. The van der Waals surface area contributed by atoms with E-state index in [0.29, 0.717) is 16.7 Å². The van der Waals surface area contributed by atoms with E-state index in [1.54, 1.807) is 6.07 Å². The topological polar surface area (TPSA) is 104 Å². The molecule has 0 aliphatic carbocycles. The summed E-state index contributed by atoms with van der Waals surface area (Å²) in [6.07, 6.45) is 1.72. The van der Waals surface area contributed by atoms with Crippen molar-refractivity contribution in [1.82, 2.24) is 15.0 Å². The lowest BCUT2D eigenvalue weighted by Crippen LogP contribution is -2.18. The second-order valence-electron chi connectivity index (χ2n) is 5.45. The molecule has 0 amide bonds. The summed E-state index contributed by atoms with van der Waals surface area (Å²) in [6.45, 7) is 3.92. The van der Waals surface area contributed by atoms with Crippen LogP contribution in [0.25, 0.3) is 11.1 Å². The highest BCUT2D eigenvalue weighted by molar-refractivity contribution is 5.74. The van der Waals surface area contributed by atoms with E-state index in [0.717, 1.165) is 12.8 Å². The molecular weight excluding hydrogens is 296 g/mol. The molecule has 120 valence electrons. The van der Waals surface area contributed by atoms with Gasteiger partial charge < -0.3 is 9.52 Å². The van der Waals surface area contributed by atoms with Crippen LogP contribution in [-0.4, -0.2) is 20.1 Å². The van der Waals surface area contributed by atoms with Gasteiger partial charge in [-0.3, -0.25) is 15.1 Å². The molecule has 3 rings (SSSR count). The minimum atomic E-state index is -0.364. The van der Waals surface area contributed by atoms with Gasteiger partial charge in [0.05, 0.1) is 5.56 Å². The standard InChI is InChI=1S/C16H18N4O3/c1-3-6-9(2)12-13(21)18-15(19-14(12)22)20-16-17-10-7-4-5-8-11(10)23-16/h4-5,7-9H,3,6H2,1-2H3,(H3,17,18,19,20,21,22). The third-order valence-corrected chi connectivity index (χ3v) is 3.67. The van der Waals surface area contributed by atoms with E-state index in [-0.39, 0.29) is 29.3 Å². The van der Waals surface area contributed by atoms with Crippen molar-refractivity contribution in [1.29, 1.82) is 0 Å². The Morgan fingerprint density at radius 2 is 2.13 bits per heavy atom. The molecule has 0 aliphatic rings. The molecule has 2 aromatic heterocycles. The van der Waals surface area contributed by atoms with Gasteiger partial charge in [-0.05, 0) is 24.5 Å². The van der Waals surface area contributed by atoms with Crippen LogP contribution < -0.4 is 10.9 Å². The Morgan fingerprint density at radius 3 is 2.83 bits per heavy atom. The molecular formula is C16H18N4O3. The van der Waals surface area contributed by atoms with Crippen molar-refractivity contribution in [3.8, 4) is 5.88 Å². The summed E-state index contributed by atoms with van der Waals surface area (Å²) in [7, 11) is 0. The number of nitrogens with zero attached hydrogens (tertiary/aromatic N) is 2. The van der Waals surface area contributed by atoms with Crippen molar-refractivity contribution in [2.45, 2.75) is 32.6 Å². The number of para-hydroxylation sites is 2. The third-order valence-electron chi connectivity index (χ3n) is 3.67. The van der Waals surface area contributed by atoms with E-state index in [2.05, 4.69) is 20.3 Å². The molecule has 2 heterocycles. The summed E-state index contributed by atoms with van der Waals surface area (Å²) < 4.78 is 5.50. The van der Waals surface area contributed by atoms with Crippen LogP contribution in [0.4, 0.5) is 12.0 Å². The Balaban J connectivity index is 1.90. The largest absolute Gasteiger partial charge is 0.493 e. The van der Waals surface area contributed by atoms with Gasteiger partial charge in [0.2, 0.25) is 11.8 Å². The van der Waals surface area contributed by atoms with Gasteiger partial charge in [0.25, 0.3) is 5.56 Å². The zero-order chi connectivity index (χ0) is 16.4. The van der Waals surface area contributed by atoms with E-state index in [4.69, 9.17) is 4.42 Å². The van der Waals surface area contributed by atoms with Crippen LogP contribution in [0.3, 0.4) is 0 Å². The van der Waals surface area contributed by atoms with E-state index < -0.39 is 0 Å². The average Bonchev–Trinajstić information content (AvgIpc) is 2.88. The van der Waals surface area contributed by atoms with Crippen LogP contribution in [0.2, 0.25) is 0 Å². The summed E-state index contributed by atoms with van der Waals surface area (Å²) in [5.41, 5.74) is 1.25. The average molecular weight is 314 g/mol. The van der Waals surface area contributed by atoms with Crippen molar-refractivity contribution >= 4 is 23.1 Å². The molecule has 1 unspecified atom stereocenters. The highest BCUT2D eigenvalue weighted by atomic mass is 16.4. The number of hydrogen-bond acceptors (Lipinski definition) is 6. The van der Waals surface area contributed by atoms with E-state index >= 15 is 0 Å². The maximum absolute atomic E-state index is 12.2. The summed E-state index contributed by atoms with van der Waals surface area (Å²) >= 11 is 0. The number of oxazole rings is 1. The van der Waals surface area contributed by atoms with Crippen molar-refractivity contribution in [2.75, 3.05) is 5.32 Å². The van der Waals surface area contributed by atoms with Crippen molar-refractivity contribution < 1.29 is 9.52 Å². The first-order chi connectivity index (χ1) is 11.1. The molecule has 0 spiro atoms. The zero-order valence-corrected chi connectivity index (χ0v) is 13.0. The first-order valence-electron chi connectivity index (χ1n) is 7.54. The summed E-state index contributed by atoms with van der Waals surface area (Å²) in [5.74, 6) is -0.241. The van der Waals surface area contributed by atoms with Crippen LogP contribution in [0.1, 0.15) is 38.2 Å². The molecule has 23 heavy (non-hydrogen) atoms. The smallest absolute Gasteiger partial charge is 0.302 e. The maximum atomic E-state index is 12.2. The molecule has 3 N–H and O–H groups in total. The number of rotatable bonds is 5. The van der Waals surface area contributed by atoms with Gasteiger partial charge in [-0.15, -0.1) is 0 Å². The predicted octanol–water partition coefficient (Wildman–Crippen LogP) is 3.26. The number of H-pyrrole nitrogens is 1. The van der Waals surface area contributed by atoms with Crippen LogP contribution >= 0.6 is 0 Å². The maximum Gasteiger partial charge on any atom is 0.302 e. The Morgan fingerprint density at radius 1 is 1.35 bits per heavy atom. The van der Waals surface area contributed by atoms with Crippen LogP contribution in [0, 0.1) is 0 Å². The first kappa shape index (κ1) is 15.1. The van der Waals surface area contributed by atoms with Crippen molar-refractivity contribution in [2.24, 2.45) is 0 Å². The molecule has 1 aromatic carbocycles. The second-order valence-corrected chi connectivity index (χ2v) is 5.45. The number of aromatic hydroxyl groups is 1. The Kier molecular flexibility index (Phi) is 4.01. The summed E-state index contributed by atoms with van der Waals surface area (Å²) in [6, 6.07) is 7.49. The number of hydrogen-bond donors (Lipinski definition) is 3. The van der Waals surface area contributed by atoms with Crippen LogP contribution in [0.15, 0.2) is 33.5 Å². The highest BCUT2D eigenvalue weighted by Crippen LogP contribution is 2.25. The number of aromatic nitrogens is 3. The number of fused-ring (bicyclic) bond motifs is 1. The van der Waals surface area contributed by atoms with Gasteiger partial charge in [0.15, 0.2) is 5.58 Å². The molecule has 1 atom stereocenters. The fourth-order valence-electron chi connectivity index (χ4n) is 2.58. The quantitative estimate of drug-likeness (QED) is 0.667. The predicted molar refractivity (Wildman–Crippen MR) is 87.1 cm³/mol. The SMILES string of the molecule is CCCC(C)c1c(O)nc(Nc2nc3ccccc3o2)[nH]c1=O. The minimum Gasteiger partial charge on any atom is -0.493 e. The van der Waals surface area contributed by atoms with Gasteiger partial charge in [0, 0.05) is 0 Å². The molecule has 3 aromatic rings. The van der Waals surface area contributed by atoms with E-state index in [1.807, 2.05) is 32.0 Å². The third kappa shape index (κ3) is 3.03. The Hall–Kier alpha value is -2.83. The Labute approximate surface area is 132 Å². The first-order valence-corrected chi connectivity index (χ1v) is 7.54. The molecule has 0 saturated carbocycles. The summed E-state index contributed by atoms with van der Waals surface area (Å²) in [4.78, 5) is 23.0. The van der Waals surface area contributed by atoms with Gasteiger partial charge in [-0.1, -0.05) is 32.4 Å². The monoisotopic (exact) mass is 314 g/mol. The molecule has 0 bridgehead atoms. The molecule has 0 aliphatic heterocycles. The Bertz CT molecular complexity index is 851. The number of nitrogens with one attached hydrogen (secondary N) is 2. The van der Waals surface area contributed by atoms with Gasteiger partial charge in [0.1, 0.15) is 5.52 Å². The fourth-order valence-corrected chi connectivity index (χ4v) is 2.58. The minimum absolute atomic E-state index is 0.0605. The lowest BCUT2D eigenvalue weighted by atomic mass is 9.99. The van der Waals surface area contributed by atoms with Crippen LogP contribution in [-0.2, 0) is 0 Å². The lowest BCUT2D eigenvalue weighted by molar-refractivity contribution is 0.435. The van der Waals surface area contributed by atoms with Crippen molar-refractivity contribution in [3.63, 3.8) is 0 Å². The number of aromatic amines is 1. The fraction of sp³-hybridized carbons (Fsp3) is 0.312. The van der Waals surface area contributed by atoms with Gasteiger partial charge in [-0.25, -0.2) is 0 Å². The van der Waals surface area contributed by atoms with Crippen LogP contribution in [0.5, 0.6) is 5.88 Å². The highest BCUT2D eigenvalue weighted by Gasteiger charge is 2.17. The van der Waals surface area contributed by atoms with Crippen molar-refractivity contribution in [3.05, 3.63) is 40.2 Å². The number of anilines is 2. The molecule has 0 radical (unpaired) electrons. The molecule has 7 heteroatoms. The lowest BCUT2D eigenvalue weighted by Gasteiger charge is -2.11. The number of benzene rings is 1. The van der Waals surface area contributed by atoms with Gasteiger partial charge >= 0.3 is 6.01 Å². The van der Waals surface area contributed by atoms with E-state index in [1.165, 1.54) is 0 Å². The van der Waals surface area contributed by atoms with E-state index in [9.17, 15) is 9.90 Å². The molecule has 0 fully saturated rings.